The normalized spacial score (nSPS) is 14.5. The van der Waals surface area contributed by atoms with E-state index in [1.54, 1.807) is 48.9 Å². The number of likely N-dealkylation sites (tertiary alicyclic amines) is 1. The summed E-state index contributed by atoms with van der Waals surface area (Å²) in [6, 6.07) is 7.35. The Morgan fingerprint density at radius 3 is 2.59 bits per heavy atom. The van der Waals surface area contributed by atoms with Crippen molar-refractivity contribution in [1.29, 1.82) is 5.26 Å². The summed E-state index contributed by atoms with van der Waals surface area (Å²) in [6.07, 6.45) is 2.10. The van der Waals surface area contributed by atoms with Gasteiger partial charge in [-0.05, 0) is 37.3 Å². The summed E-state index contributed by atoms with van der Waals surface area (Å²) < 4.78 is 12.4. The van der Waals surface area contributed by atoms with Crippen molar-refractivity contribution < 1.29 is 14.3 Å². The summed E-state index contributed by atoms with van der Waals surface area (Å²) in [5.41, 5.74) is 8.17. The smallest absolute Gasteiger partial charge is 0.298 e. The van der Waals surface area contributed by atoms with Gasteiger partial charge >= 0.3 is 0 Å². The van der Waals surface area contributed by atoms with E-state index in [0.717, 1.165) is 0 Å². The van der Waals surface area contributed by atoms with Gasteiger partial charge in [0.1, 0.15) is 29.1 Å². The first kappa shape index (κ1) is 22.5. The molecule has 1 fully saturated rings. The number of nitrogen functional groups attached to an aromatic ring is 1. The van der Waals surface area contributed by atoms with Crippen LogP contribution in [0.4, 0.5) is 5.82 Å². The molecule has 170 valence electrons. The van der Waals surface area contributed by atoms with Crippen LogP contribution in [0.3, 0.4) is 0 Å². The van der Waals surface area contributed by atoms with Crippen LogP contribution in [0.25, 0.3) is 10.9 Å². The van der Waals surface area contributed by atoms with E-state index in [9.17, 15) is 10.1 Å². The first-order valence-electron chi connectivity index (χ1n) is 10.5. The van der Waals surface area contributed by atoms with Gasteiger partial charge in [-0.15, -0.1) is 0 Å². The minimum Gasteiger partial charge on any atom is -0.497 e. The Morgan fingerprint density at radius 2 is 1.94 bits per heavy atom. The monoisotopic (exact) mass is 454 g/mol. The number of hydrogen-bond acceptors (Lipinski definition) is 7. The molecule has 0 bridgehead atoms. The Bertz CT molecular complexity index is 1420. The van der Waals surface area contributed by atoms with Crippen LogP contribution in [0.1, 0.15) is 36.2 Å². The molecule has 34 heavy (non-hydrogen) atoms. The van der Waals surface area contributed by atoms with E-state index in [4.69, 9.17) is 20.3 Å². The lowest BCUT2D eigenvalue weighted by Crippen LogP contribution is -2.28. The predicted molar refractivity (Wildman–Crippen MR) is 126 cm³/mol. The van der Waals surface area contributed by atoms with E-state index in [2.05, 4.69) is 34.7 Å². The summed E-state index contributed by atoms with van der Waals surface area (Å²) >= 11 is 0. The van der Waals surface area contributed by atoms with Crippen LogP contribution < -0.4 is 15.2 Å². The van der Waals surface area contributed by atoms with E-state index < -0.39 is 0 Å². The quantitative estimate of drug-likeness (QED) is 0.602. The van der Waals surface area contributed by atoms with Gasteiger partial charge in [-0.3, -0.25) is 9.48 Å². The van der Waals surface area contributed by atoms with Crippen molar-refractivity contribution in [3.05, 3.63) is 41.2 Å². The van der Waals surface area contributed by atoms with Crippen molar-refractivity contribution in [2.24, 2.45) is 0 Å². The lowest BCUT2D eigenvalue weighted by Gasteiger charge is -2.14. The Hall–Kier alpha value is -4.68. The molecule has 1 aliphatic rings. The third-order valence-electron chi connectivity index (χ3n) is 5.58. The molecular formula is C25H22N6O3. The molecule has 1 atom stereocenters. The van der Waals surface area contributed by atoms with Crippen molar-refractivity contribution in [1.82, 2.24) is 19.7 Å². The summed E-state index contributed by atoms with van der Waals surface area (Å²) in [7, 11) is 3.14. The molecule has 9 nitrogen and oxygen atoms in total. The molecule has 0 spiro atoms. The Labute approximate surface area is 197 Å². The van der Waals surface area contributed by atoms with Gasteiger partial charge in [0, 0.05) is 30.9 Å². The molecule has 3 aromatic rings. The number of methoxy groups -OCH3 is 2. The van der Waals surface area contributed by atoms with Crippen LogP contribution >= 0.6 is 0 Å². The molecule has 2 aromatic heterocycles. The number of amides is 1. The first-order chi connectivity index (χ1) is 16.5. The van der Waals surface area contributed by atoms with Crippen molar-refractivity contribution in [2.45, 2.75) is 19.4 Å². The van der Waals surface area contributed by atoms with E-state index in [1.807, 2.05) is 0 Å². The summed E-state index contributed by atoms with van der Waals surface area (Å²) in [5.74, 6) is 12.6. The molecular weight excluding hydrogens is 432 g/mol. The maximum Gasteiger partial charge on any atom is 0.298 e. The second kappa shape index (κ2) is 9.44. The van der Waals surface area contributed by atoms with Gasteiger partial charge in [0.05, 0.1) is 36.7 Å². The van der Waals surface area contributed by atoms with Crippen LogP contribution in [0.2, 0.25) is 0 Å². The van der Waals surface area contributed by atoms with Gasteiger partial charge in [-0.2, -0.15) is 10.4 Å². The average molecular weight is 454 g/mol. The Morgan fingerprint density at radius 1 is 1.21 bits per heavy atom. The van der Waals surface area contributed by atoms with Gasteiger partial charge in [-0.25, -0.2) is 4.98 Å². The molecule has 1 aliphatic heterocycles. The minimum atomic E-state index is -0.227. The average Bonchev–Trinajstić information content (AvgIpc) is 3.49. The molecule has 1 aromatic carbocycles. The molecule has 1 saturated heterocycles. The van der Waals surface area contributed by atoms with Crippen LogP contribution in [-0.2, 0) is 4.79 Å². The number of carbonyl (C=O) groups excluding carboxylic acids is 1. The number of nitrogens with zero attached hydrogens (tertiary/aromatic N) is 5. The molecule has 0 saturated carbocycles. The van der Waals surface area contributed by atoms with E-state index >= 15 is 0 Å². The van der Waals surface area contributed by atoms with Crippen LogP contribution in [0.15, 0.2) is 24.4 Å². The second-order valence-corrected chi connectivity index (χ2v) is 7.61. The van der Waals surface area contributed by atoms with E-state index in [-0.39, 0.29) is 17.8 Å². The van der Waals surface area contributed by atoms with Crippen LogP contribution in [0, 0.1) is 35.0 Å². The number of hydrogen-bond donors (Lipinski definition) is 1. The zero-order valence-electron chi connectivity index (χ0n) is 19.0. The highest BCUT2D eigenvalue weighted by atomic mass is 16.5. The standard InChI is InChI=1S/C25H22N6O3/c1-4-5-22(32)30-9-8-18(15-30)31-24-17(13-26)14-28-25(27)23(24)21(29-31)7-6-16-10-19(33-2)12-20(11-16)34-3/h10-12,14,18H,8-9,15H2,1-3H3,(H2,27,28)/t18-/m0/s1. The topological polar surface area (TPSA) is 119 Å². The van der Waals surface area contributed by atoms with Gasteiger partial charge in [-0.1, -0.05) is 11.8 Å². The molecule has 0 radical (unpaired) electrons. The molecule has 4 rings (SSSR count). The van der Waals surface area contributed by atoms with Crippen molar-refractivity contribution in [3.8, 4) is 41.2 Å². The molecule has 0 aliphatic carbocycles. The lowest BCUT2D eigenvalue weighted by molar-refractivity contribution is -0.124. The number of ether oxygens (including phenoxy) is 2. The van der Waals surface area contributed by atoms with Gasteiger partial charge in [0.25, 0.3) is 5.91 Å². The van der Waals surface area contributed by atoms with Gasteiger partial charge in [0.2, 0.25) is 0 Å². The number of nitriles is 1. The second-order valence-electron chi connectivity index (χ2n) is 7.61. The number of carbonyl (C=O) groups is 1. The van der Waals surface area contributed by atoms with Crippen LogP contribution in [0.5, 0.6) is 11.5 Å². The molecule has 9 heteroatoms. The molecule has 0 unspecified atom stereocenters. The first-order valence-corrected chi connectivity index (χ1v) is 10.5. The minimum absolute atomic E-state index is 0.147. The van der Waals surface area contributed by atoms with Crippen LogP contribution in [-0.4, -0.2) is 52.9 Å². The number of rotatable bonds is 3. The van der Waals surface area contributed by atoms with Crippen molar-refractivity contribution >= 4 is 22.6 Å². The number of anilines is 1. The number of aromatic nitrogens is 3. The molecule has 2 N–H and O–H groups in total. The molecule has 1 amide bonds. The summed E-state index contributed by atoms with van der Waals surface area (Å²) in [6.45, 7) is 2.61. The van der Waals surface area contributed by atoms with Gasteiger partial charge < -0.3 is 20.1 Å². The lowest BCUT2D eigenvalue weighted by atomic mass is 10.1. The fraction of sp³-hybridized carbons (Fsp3) is 0.280. The van der Waals surface area contributed by atoms with Gasteiger partial charge in [0.15, 0.2) is 0 Å². The Balaban J connectivity index is 1.82. The number of nitrogens with two attached hydrogens (primary N) is 1. The third-order valence-corrected chi connectivity index (χ3v) is 5.58. The predicted octanol–water partition coefficient (Wildman–Crippen LogP) is 2.10. The van der Waals surface area contributed by atoms with Crippen molar-refractivity contribution in [2.75, 3.05) is 33.0 Å². The molecule has 3 heterocycles. The highest BCUT2D eigenvalue weighted by Gasteiger charge is 2.30. The highest BCUT2D eigenvalue weighted by Crippen LogP contribution is 2.32. The fourth-order valence-corrected chi connectivity index (χ4v) is 3.95. The maximum atomic E-state index is 12.2. The summed E-state index contributed by atoms with van der Waals surface area (Å²) in [4.78, 5) is 18.1. The van der Waals surface area contributed by atoms with E-state index in [0.29, 0.717) is 58.7 Å². The third kappa shape index (κ3) is 4.18. The zero-order valence-corrected chi connectivity index (χ0v) is 19.0. The van der Waals surface area contributed by atoms with Crippen molar-refractivity contribution in [3.63, 3.8) is 0 Å². The zero-order chi connectivity index (χ0) is 24.2. The number of fused-ring (bicyclic) bond motifs is 1. The summed E-state index contributed by atoms with van der Waals surface area (Å²) in [5, 5.41) is 14.9. The van der Waals surface area contributed by atoms with E-state index in [1.165, 1.54) is 6.20 Å². The number of benzene rings is 1. The highest BCUT2D eigenvalue weighted by molar-refractivity contribution is 5.96. The maximum absolute atomic E-state index is 12.2. The fourth-order valence-electron chi connectivity index (χ4n) is 3.95. The Kier molecular flexibility index (Phi) is 6.25. The number of pyridine rings is 1. The SMILES string of the molecule is CC#CC(=O)N1CC[C@H](n2nc(C#Cc3cc(OC)cc(OC)c3)c3c(N)ncc(C#N)c32)C1. The largest absolute Gasteiger partial charge is 0.497 e.